The molecule has 1 aromatic heterocycles. The summed E-state index contributed by atoms with van der Waals surface area (Å²) >= 11 is 1.87. The van der Waals surface area contributed by atoms with Gasteiger partial charge in [-0.15, -0.1) is 0 Å². The maximum absolute atomic E-state index is 12.6. The molecule has 0 spiro atoms. The molecular formula is C16H12IN3O4. The number of nitro groups is 1. The number of ether oxygens (including phenoxy) is 1. The van der Waals surface area contributed by atoms with Gasteiger partial charge in [-0.1, -0.05) is 12.1 Å². The molecule has 0 N–H and O–H groups in total. The second-order valence-electron chi connectivity index (χ2n) is 5.10. The Kier molecular flexibility index (Phi) is 4.47. The monoisotopic (exact) mass is 437 g/mol. The van der Waals surface area contributed by atoms with Crippen molar-refractivity contribution >= 4 is 39.2 Å². The van der Waals surface area contributed by atoms with Crippen LogP contribution in [0.2, 0.25) is 0 Å². The largest absolute Gasteiger partial charge is 0.497 e. The van der Waals surface area contributed by atoms with E-state index >= 15 is 0 Å². The van der Waals surface area contributed by atoms with E-state index in [2.05, 4.69) is 4.98 Å². The Morgan fingerprint density at radius 1 is 1.29 bits per heavy atom. The highest BCUT2D eigenvalue weighted by Gasteiger charge is 2.16. The van der Waals surface area contributed by atoms with E-state index in [1.54, 1.807) is 13.2 Å². The van der Waals surface area contributed by atoms with Crippen LogP contribution >= 0.6 is 22.6 Å². The Bertz CT molecular complexity index is 983. The first kappa shape index (κ1) is 16.4. The van der Waals surface area contributed by atoms with Gasteiger partial charge in [0.2, 0.25) is 0 Å². The molecule has 7 nitrogen and oxygen atoms in total. The summed E-state index contributed by atoms with van der Waals surface area (Å²) in [6.45, 7) is 0.325. The van der Waals surface area contributed by atoms with Crippen molar-refractivity contribution in [3.63, 3.8) is 0 Å². The zero-order valence-electron chi connectivity index (χ0n) is 12.6. The van der Waals surface area contributed by atoms with Crippen LogP contribution < -0.4 is 10.3 Å². The molecule has 24 heavy (non-hydrogen) atoms. The van der Waals surface area contributed by atoms with E-state index in [-0.39, 0.29) is 16.6 Å². The average Bonchev–Trinajstić information content (AvgIpc) is 2.57. The standard InChI is InChI=1S/C16H12IN3O4/c1-24-11-4-2-10(3-5-11)8-19-9-18-14-7-13(17)15(20(22)23)6-12(14)16(19)21/h2-7,9H,8H2,1H3. The minimum Gasteiger partial charge on any atom is -0.497 e. The molecular weight excluding hydrogens is 425 g/mol. The van der Waals surface area contributed by atoms with Crippen molar-refractivity contribution in [3.8, 4) is 5.75 Å². The predicted molar refractivity (Wildman–Crippen MR) is 97.5 cm³/mol. The number of fused-ring (bicyclic) bond motifs is 1. The van der Waals surface area contributed by atoms with Crippen LogP contribution in [0, 0.1) is 13.7 Å². The molecule has 0 aliphatic heterocycles. The molecule has 8 heteroatoms. The maximum atomic E-state index is 12.6. The van der Waals surface area contributed by atoms with Crippen molar-refractivity contribution in [2.75, 3.05) is 7.11 Å². The van der Waals surface area contributed by atoms with Crippen molar-refractivity contribution in [2.45, 2.75) is 6.54 Å². The smallest absolute Gasteiger partial charge is 0.283 e. The Morgan fingerprint density at radius 3 is 2.62 bits per heavy atom. The Balaban J connectivity index is 2.05. The van der Waals surface area contributed by atoms with Crippen LogP contribution in [0.25, 0.3) is 10.9 Å². The zero-order chi connectivity index (χ0) is 17.3. The van der Waals surface area contributed by atoms with E-state index in [9.17, 15) is 14.9 Å². The molecule has 0 atom stereocenters. The van der Waals surface area contributed by atoms with Crippen molar-refractivity contribution in [3.05, 3.63) is 72.3 Å². The SMILES string of the molecule is COc1ccc(Cn2cnc3cc(I)c([N+](=O)[O-])cc3c2=O)cc1. The fraction of sp³-hybridized carbons (Fsp3) is 0.125. The fourth-order valence-electron chi connectivity index (χ4n) is 2.35. The third-order valence-electron chi connectivity index (χ3n) is 3.60. The molecule has 0 fully saturated rings. The number of nitro benzene ring substituents is 1. The Morgan fingerprint density at radius 2 is 2.00 bits per heavy atom. The summed E-state index contributed by atoms with van der Waals surface area (Å²) in [6.07, 6.45) is 1.46. The predicted octanol–water partition coefficient (Wildman–Crippen LogP) is 2.97. The van der Waals surface area contributed by atoms with Crippen LogP contribution in [0.1, 0.15) is 5.56 Å². The third kappa shape index (κ3) is 3.09. The second kappa shape index (κ2) is 6.56. The van der Waals surface area contributed by atoms with Crippen molar-refractivity contribution < 1.29 is 9.66 Å². The van der Waals surface area contributed by atoms with Gasteiger partial charge in [-0.3, -0.25) is 19.5 Å². The highest BCUT2D eigenvalue weighted by molar-refractivity contribution is 14.1. The van der Waals surface area contributed by atoms with Crippen LogP contribution in [0.15, 0.2) is 47.5 Å². The molecule has 0 unspecified atom stereocenters. The lowest BCUT2D eigenvalue weighted by Gasteiger charge is -2.08. The van der Waals surface area contributed by atoms with Gasteiger partial charge in [-0.2, -0.15) is 0 Å². The summed E-state index contributed by atoms with van der Waals surface area (Å²) in [5.41, 5.74) is 0.944. The number of aromatic nitrogens is 2. The molecule has 122 valence electrons. The van der Waals surface area contributed by atoms with Gasteiger partial charge in [0, 0.05) is 6.07 Å². The van der Waals surface area contributed by atoms with E-state index in [0.717, 1.165) is 11.3 Å². The molecule has 0 bridgehead atoms. The fourth-order valence-corrected chi connectivity index (χ4v) is 3.00. The van der Waals surface area contributed by atoms with E-state index in [4.69, 9.17) is 4.74 Å². The summed E-state index contributed by atoms with van der Waals surface area (Å²) in [6, 6.07) is 10.2. The van der Waals surface area contributed by atoms with Gasteiger partial charge >= 0.3 is 0 Å². The van der Waals surface area contributed by atoms with E-state index in [1.165, 1.54) is 17.0 Å². The molecule has 3 rings (SSSR count). The summed E-state index contributed by atoms with van der Waals surface area (Å²) < 4.78 is 6.98. The average molecular weight is 437 g/mol. The van der Waals surface area contributed by atoms with Gasteiger partial charge in [0.25, 0.3) is 11.2 Å². The molecule has 0 saturated heterocycles. The minimum atomic E-state index is -0.499. The number of halogens is 1. The zero-order valence-corrected chi connectivity index (χ0v) is 14.8. The first-order valence-electron chi connectivity index (χ1n) is 6.95. The molecule has 0 saturated carbocycles. The lowest BCUT2D eigenvalue weighted by molar-refractivity contribution is -0.385. The number of rotatable bonds is 4. The summed E-state index contributed by atoms with van der Waals surface area (Å²) in [7, 11) is 1.58. The van der Waals surface area contributed by atoms with Crippen LogP contribution in [-0.4, -0.2) is 21.6 Å². The molecule has 0 aliphatic rings. The third-order valence-corrected chi connectivity index (χ3v) is 4.47. The normalized spacial score (nSPS) is 10.8. The minimum absolute atomic E-state index is 0.0933. The number of hydrogen-bond donors (Lipinski definition) is 0. The number of benzene rings is 2. The lowest BCUT2D eigenvalue weighted by atomic mass is 10.2. The van der Waals surface area contributed by atoms with E-state index in [1.807, 2.05) is 46.9 Å². The van der Waals surface area contributed by atoms with Crippen LogP contribution in [0.4, 0.5) is 5.69 Å². The topological polar surface area (TPSA) is 87.3 Å². The number of hydrogen-bond acceptors (Lipinski definition) is 5. The second-order valence-corrected chi connectivity index (χ2v) is 6.27. The lowest BCUT2D eigenvalue weighted by Crippen LogP contribution is -2.21. The van der Waals surface area contributed by atoms with Gasteiger partial charge < -0.3 is 4.74 Å². The van der Waals surface area contributed by atoms with Gasteiger partial charge in [0.15, 0.2) is 0 Å². The maximum Gasteiger partial charge on any atom is 0.283 e. The number of nitrogens with zero attached hydrogens (tertiary/aromatic N) is 3. The molecule has 0 radical (unpaired) electrons. The first-order chi connectivity index (χ1) is 11.5. The molecule has 3 aromatic rings. The first-order valence-corrected chi connectivity index (χ1v) is 8.03. The van der Waals surface area contributed by atoms with Crippen molar-refractivity contribution in [2.24, 2.45) is 0 Å². The van der Waals surface area contributed by atoms with Gasteiger partial charge in [0.05, 0.1) is 39.4 Å². The van der Waals surface area contributed by atoms with Crippen LogP contribution in [0.3, 0.4) is 0 Å². The Labute approximate surface area is 150 Å². The molecule has 0 amide bonds. The summed E-state index contributed by atoms with van der Waals surface area (Å²) in [5, 5.41) is 11.3. The van der Waals surface area contributed by atoms with Gasteiger partial charge in [-0.05, 0) is 46.4 Å². The van der Waals surface area contributed by atoms with Crippen molar-refractivity contribution in [1.82, 2.24) is 9.55 Å². The quantitative estimate of drug-likeness (QED) is 0.356. The van der Waals surface area contributed by atoms with Crippen LogP contribution in [-0.2, 0) is 6.54 Å². The van der Waals surface area contributed by atoms with Gasteiger partial charge in [-0.25, -0.2) is 4.98 Å². The summed E-state index contributed by atoms with van der Waals surface area (Å²) in [5.74, 6) is 0.730. The van der Waals surface area contributed by atoms with E-state index < -0.39 is 4.92 Å². The highest BCUT2D eigenvalue weighted by Crippen LogP contribution is 2.24. The van der Waals surface area contributed by atoms with Crippen molar-refractivity contribution in [1.29, 1.82) is 0 Å². The van der Waals surface area contributed by atoms with Gasteiger partial charge in [0.1, 0.15) is 5.75 Å². The highest BCUT2D eigenvalue weighted by atomic mass is 127. The molecule has 0 aliphatic carbocycles. The number of methoxy groups -OCH3 is 1. The Hall–Kier alpha value is -2.49. The molecule has 2 aromatic carbocycles. The molecule has 1 heterocycles. The summed E-state index contributed by atoms with van der Waals surface area (Å²) in [4.78, 5) is 27.4. The van der Waals surface area contributed by atoms with E-state index in [0.29, 0.717) is 15.6 Å². The van der Waals surface area contributed by atoms with Crippen LogP contribution in [0.5, 0.6) is 5.75 Å².